The van der Waals surface area contributed by atoms with Gasteiger partial charge in [0.05, 0.1) is 0 Å². The summed E-state index contributed by atoms with van der Waals surface area (Å²) in [6, 6.07) is 62.9. The van der Waals surface area contributed by atoms with Gasteiger partial charge in [-0.2, -0.15) is 0 Å². The first-order chi connectivity index (χ1) is 23.3. The van der Waals surface area contributed by atoms with Gasteiger partial charge in [-0.05, 0) is 111 Å². The van der Waals surface area contributed by atoms with Crippen molar-refractivity contribution in [2.45, 2.75) is 6.42 Å². The van der Waals surface area contributed by atoms with Crippen molar-refractivity contribution in [3.8, 4) is 44.5 Å². The Hall–Kier alpha value is -5.98. The van der Waals surface area contributed by atoms with Gasteiger partial charge in [-0.3, -0.25) is 0 Å². The highest BCUT2D eigenvalue weighted by Crippen LogP contribution is 2.46. The summed E-state index contributed by atoms with van der Waals surface area (Å²) in [4.78, 5) is 0. The maximum Gasteiger partial charge on any atom is -0.00132 e. The molecule has 0 heteroatoms. The standard InChI is InChI=1S/C47H30/c1-3-13-37-31(10-1)12-9-19-39(37)47-42-17-7-5-15-40(42)45(41-16-6-8-18-43(41)47)33-23-20-30(21-24-33)34-25-26-35-28-36-27-22-32-11-2-4-14-38(32)46(36)44(35)29-34/h1-27,29H,28H2. The predicted octanol–water partition coefficient (Wildman–Crippen LogP) is 12.9. The molecule has 0 saturated heterocycles. The highest BCUT2D eigenvalue weighted by atomic mass is 14.3. The van der Waals surface area contributed by atoms with Gasteiger partial charge in [0, 0.05) is 0 Å². The number of rotatable bonds is 3. The highest BCUT2D eigenvalue weighted by molar-refractivity contribution is 6.23. The Labute approximate surface area is 274 Å². The molecule has 0 N–H and O–H groups in total. The molecule has 0 aliphatic heterocycles. The maximum atomic E-state index is 2.41. The zero-order chi connectivity index (χ0) is 30.9. The Balaban J connectivity index is 1.13. The van der Waals surface area contributed by atoms with Crippen LogP contribution in [0.15, 0.2) is 170 Å². The van der Waals surface area contributed by atoms with Crippen molar-refractivity contribution in [1.29, 1.82) is 0 Å². The smallest absolute Gasteiger partial charge is 0.00132 e. The van der Waals surface area contributed by atoms with E-state index in [1.54, 1.807) is 0 Å². The van der Waals surface area contributed by atoms with Crippen LogP contribution in [-0.4, -0.2) is 0 Å². The molecule has 218 valence electrons. The van der Waals surface area contributed by atoms with Gasteiger partial charge in [-0.15, -0.1) is 0 Å². The lowest BCUT2D eigenvalue weighted by molar-refractivity contribution is 1.27. The summed E-state index contributed by atoms with van der Waals surface area (Å²) in [5, 5.41) is 10.3. The second kappa shape index (κ2) is 10.3. The maximum absolute atomic E-state index is 2.41. The van der Waals surface area contributed by atoms with Crippen LogP contribution in [0.1, 0.15) is 11.1 Å². The lowest BCUT2D eigenvalue weighted by atomic mass is 9.84. The molecular formula is C47H30. The molecule has 0 radical (unpaired) electrons. The van der Waals surface area contributed by atoms with E-state index in [1.165, 1.54) is 98.7 Å². The largest absolute Gasteiger partial charge is 0.0616 e. The fourth-order valence-corrected chi connectivity index (χ4v) is 8.13. The van der Waals surface area contributed by atoms with Crippen molar-refractivity contribution >= 4 is 43.1 Å². The lowest BCUT2D eigenvalue weighted by Gasteiger charge is -2.19. The highest BCUT2D eigenvalue weighted by Gasteiger charge is 2.22. The molecule has 0 unspecified atom stereocenters. The summed E-state index contributed by atoms with van der Waals surface area (Å²) in [6.45, 7) is 0. The van der Waals surface area contributed by atoms with Gasteiger partial charge in [0.1, 0.15) is 0 Å². The fraction of sp³-hybridized carbons (Fsp3) is 0.0213. The Morgan fingerprint density at radius 2 is 0.787 bits per heavy atom. The number of benzene rings is 9. The summed E-state index contributed by atoms with van der Waals surface area (Å²) in [5.74, 6) is 0. The van der Waals surface area contributed by atoms with Crippen molar-refractivity contribution in [3.05, 3.63) is 181 Å². The molecule has 0 heterocycles. The van der Waals surface area contributed by atoms with E-state index in [2.05, 4.69) is 170 Å². The summed E-state index contributed by atoms with van der Waals surface area (Å²) in [5.41, 5.74) is 13.2. The van der Waals surface area contributed by atoms with E-state index >= 15 is 0 Å². The van der Waals surface area contributed by atoms with Crippen LogP contribution in [0.2, 0.25) is 0 Å². The minimum atomic E-state index is 1.00. The number of hydrogen-bond donors (Lipinski definition) is 0. The Morgan fingerprint density at radius 1 is 0.277 bits per heavy atom. The van der Waals surface area contributed by atoms with Gasteiger partial charge in [0.2, 0.25) is 0 Å². The molecule has 0 bridgehead atoms. The lowest BCUT2D eigenvalue weighted by Crippen LogP contribution is -1.91. The van der Waals surface area contributed by atoms with Crippen LogP contribution in [0, 0.1) is 0 Å². The molecular weight excluding hydrogens is 565 g/mol. The predicted molar refractivity (Wildman–Crippen MR) is 201 cm³/mol. The molecule has 9 aromatic rings. The molecule has 10 rings (SSSR count). The third-order valence-corrected chi connectivity index (χ3v) is 10.3. The van der Waals surface area contributed by atoms with Gasteiger partial charge in [-0.1, -0.05) is 164 Å². The number of fused-ring (bicyclic) bond motifs is 8. The third kappa shape index (κ3) is 4.02. The van der Waals surface area contributed by atoms with E-state index in [0.717, 1.165) is 6.42 Å². The zero-order valence-corrected chi connectivity index (χ0v) is 25.9. The average Bonchev–Trinajstić information content (AvgIpc) is 3.52. The fourth-order valence-electron chi connectivity index (χ4n) is 8.13. The van der Waals surface area contributed by atoms with E-state index < -0.39 is 0 Å². The van der Waals surface area contributed by atoms with Gasteiger partial charge in [-0.25, -0.2) is 0 Å². The van der Waals surface area contributed by atoms with Gasteiger partial charge < -0.3 is 0 Å². The second-order valence-corrected chi connectivity index (χ2v) is 12.8. The first-order valence-corrected chi connectivity index (χ1v) is 16.5. The molecule has 0 saturated carbocycles. The van der Waals surface area contributed by atoms with Crippen LogP contribution < -0.4 is 0 Å². The van der Waals surface area contributed by atoms with Crippen molar-refractivity contribution in [3.63, 3.8) is 0 Å². The molecule has 1 aliphatic rings. The summed E-state index contributed by atoms with van der Waals surface area (Å²) in [6.07, 6.45) is 1.00. The molecule has 0 aromatic heterocycles. The molecule has 0 atom stereocenters. The van der Waals surface area contributed by atoms with Crippen LogP contribution >= 0.6 is 0 Å². The van der Waals surface area contributed by atoms with Crippen LogP contribution in [0.25, 0.3) is 87.6 Å². The van der Waals surface area contributed by atoms with Crippen molar-refractivity contribution < 1.29 is 0 Å². The van der Waals surface area contributed by atoms with E-state index in [4.69, 9.17) is 0 Å². The van der Waals surface area contributed by atoms with Gasteiger partial charge in [0.25, 0.3) is 0 Å². The Kier molecular flexibility index (Phi) is 5.74. The SMILES string of the molecule is c1ccc2c(-c3c4ccccc4c(-c4ccc(-c5ccc6c(c5)-c5c(ccc7ccccc57)C6)cc4)c4ccccc34)cccc2c1. The molecule has 1 aliphatic carbocycles. The topological polar surface area (TPSA) is 0 Å². The minimum Gasteiger partial charge on any atom is -0.0616 e. The third-order valence-electron chi connectivity index (χ3n) is 10.3. The van der Waals surface area contributed by atoms with Crippen LogP contribution in [-0.2, 0) is 6.42 Å². The molecule has 0 amide bonds. The van der Waals surface area contributed by atoms with Crippen LogP contribution in [0.3, 0.4) is 0 Å². The van der Waals surface area contributed by atoms with Crippen LogP contribution in [0.5, 0.6) is 0 Å². The molecule has 0 fully saturated rings. The van der Waals surface area contributed by atoms with Crippen molar-refractivity contribution in [2.24, 2.45) is 0 Å². The average molecular weight is 595 g/mol. The molecule has 0 spiro atoms. The quantitative estimate of drug-likeness (QED) is 0.179. The monoisotopic (exact) mass is 594 g/mol. The molecule has 0 nitrogen and oxygen atoms in total. The summed E-state index contributed by atoms with van der Waals surface area (Å²) < 4.78 is 0. The minimum absolute atomic E-state index is 1.00. The molecule has 9 aromatic carbocycles. The zero-order valence-electron chi connectivity index (χ0n) is 25.9. The van der Waals surface area contributed by atoms with Crippen molar-refractivity contribution in [2.75, 3.05) is 0 Å². The number of hydrogen-bond acceptors (Lipinski definition) is 0. The van der Waals surface area contributed by atoms with E-state index in [0.29, 0.717) is 0 Å². The van der Waals surface area contributed by atoms with Crippen molar-refractivity contribution in [1.82, 2.24) is 0 Å². The van der Waals surface area contributed by atoms with E-state index in [-0.39, 0.29) is 0 Å². The van der Waals surface area contributed by atoms with Gasteiger partial charge >= 0.3 is 0 Å². The van der Waals surface area contributed by atoms with E-state index in [9.17, 15) is 0 Å². The Morgan fingerprint density at radius 3 is 1.49 bits per heavy atom. The molecule has 47 heavy (non-hydrogen) atoms. The first kappa shape index (κ1) is 26.3. The van der Waals surface area contributed by atoms with E-state index in [1.807, 2.05) is 0 Å². The Bertz CT molecular complexity index is 2630. The summed E-state index contributed by atoms with van der Waals surface area (Å²) >= 11 is 0. The first-order valence-electron chi connectivity index (χ1n) is 16.5. The second-order valence-electron chi connectivity index (χ2n) is 12.8. The normalized spacial score (nSPS) is 12.2. The van der Waals surface area contributed by atoms with Gasteiger partial charge in [0.15, 0.2) is 0 Å². The van der Waals surface area contributed by atoms with Crippen LogP contribution in [0.4, 0.5) is 0 Å². The summed E-state index contributed by atoms with van der Waals surface area (Å²) in [7, 11) is 0.